The van der Waals surface area contributed by atoms with Crippen LogP contribution >= 0.6 is 0 Å². The zero-order valence-corrected chi connectivity index (χ0v) is 17.2. The highest BCUT2D eigenvalue weighted by Gasteiger charge is 2.36. The number of amides is 3. The molecule has 2 aromatic rings. The Bertz CT molecular complexity index is 972. The molecule has 9 heteroatoms. The van der Waals surface area contributed by atoms with Gasteiger partial charge in [-0.3, -0.25) is 19.2 Å². The first-order chi connectivity index (χ1) is 14.9. The number of esters is 1. The summed E-state index contributed by atoms with van der Waals surface area (Å²) in [5.74, 6) is -1.45. The van der Waals surface area contributed by atoms with Crippen LogP contribution in [0.5, 0.6) is 5.75 Å². The molecule has 31 heavy (non-hydrogen) atoms. The van der Waals surface area contributed by atoms with Gasteiger partial charge in [0.05, 0.1) is 13.0 Å². The lowest BCUT2D eigenvalue weighted by molar-refractivity contribution is -0.151. The fraction of sp³-hybridized carbons (Fsp3) is 0.273. The minimum Gasteiger partial charge on any atom is -0.497 e. The Morgan fingerprint density at radius 1 is 1.00 bits per heavy atom. The zero-order valence-electron chi connectivity index (χ0n) is 17.2. The summed E-state index contributed by atoms with van der Waals surface area (Å²) in [4.78, 5) is 49.2. The first kappa shape index (κ1) is 21.8. The van der Waals surface area contributed by atoms with Crippen LogP contribution in [0.2, 0.25) is 0 Å². The Kier molecular flexibility index (Phi) is 6.86. The lowest BCUT2D eigenvalue weighted by atomic mass is 10.1. The third-order valence-corrected chi connectivity index (χ3v) is 4.68. The van der Waals surface area contributed by atoms with E-state index in [-0.39, 0.29) is 24.8 Å². The molecule has 0 aromatic heterocycles. The molecule has 9 nitrogen and oxygen atoms in total. The molecule has 0 spiro atoms. The number of benzene rings is 2. The predicted molar refractivity (Wildman–Crippen MR) is 114 cm³/mol. The van der Waals surface area contributed by atoms with E-state index in [0.29, 0.717) is 22.8 Å². The number of carbonyl (C=O) groups is 4. The molecular formula is C22H23N3O6. The summed E-state index contributed by atoms with van der Waals surface area (Å²) in [7, 11) is 1.55. The van der Waals surface area contributed by atoms with Gasteiger partial charge in [0, 0.05) is 37.0 Å². The summed E-state index contributed by atoms with van der Waals surface area (Å²) in [6, 6.07) is 13.5. The van der Waals surface area contributed by atoms with Gasteiger partial charge >= 0.3 is 5.97 Å². The maximum atomic E-state index is 12.3. The van der Waals surface area contributed by atoms with E-state index in [1.165, 1.54) is 11.8 Å². The zero-order chi connectivity index (χ0) is 22.4. The second kappa shape index (κ2) is 9.75. The van der Waals surface area contributed by atoms with Crippen molar-refractivity contribution in [3.05, 3.63) is 48.5 Å². The van der Waals surface area contributed by atoms with Gasteiger partial charge in [0.2, 0.25) is 11.8 Å². The van der Waals surface area contributed by atoms with Crippen molar-refractivity contribution < 1.29 is 28.7 Å². The smallest absolute Gasteiger partial charge is 0.311 e. The molecule has 0 aliphatic carbocycles. The van der Waals surface area contributed by atoms with E-state index in [2.05, 4.69) is 10.6 Å². The molecule has 1 atom stereocenters. The first-order valence-corrected chi connectivity index (χ1v) is 9.64. The maximum absolute atomic E-state index is 12.3. The molecule has 0 bridgehead atoms. The second-order valence-electron chi connectivity index (χ2n) is 7.02. The molecule has 3 rings (SSSR count). The molecule has 162 valence electrons. The average molecular weight is 425 g/mol. The molecule has 2 N–H and O–H groups in total. The number of nitrogens with zero attached hydrogens (tertiary/aromatic N) is 1. The lowest BCUT2D eigenvalue weighted by Gasteiger charge is -2.16. The lowest BCUT2D eigenvalue weighted by Crippen LogP contribution is -2.28. The second-order valence-corrected chi connectivity index (χ2v) is 7.02. The maximum Gasteiger partial charge on any atom is 0.311 e. The molecule has 0 radical (unpaired) electrons. The predicted octanol–water partition coefficient (Wildman–Crippen LogP) is 2.19. The number of hydrogen-bond donors (Lipinski definition) is 2. The van der Waals surface area contributed by atoms with E-state index < -0.39 is 24.4 Å². The summed E-state index contributed by atoms with van der Waals surface area (Å²) in [5, 5.41) is 5.23. The quantitative estimate of drug-likeness (QED) is 0.658. The molecule has 1 saturated heterocycles. The number of carbonyl (C=O) groups excluding carboxylic acids is 4. The molecule has 0 saturated carbocycles. The standard InChI is InChI=1S/C22H23N3O6/c1-14(26)23-16-3-5-17(6-4-16)24-20(27)13-31-22(29)15-11-21(28)25(12-15)18-7-9-19(30-2)10-8-18/h3-10,15H,11-13H2,1-2H3,(H,23,26)(H,24,27)/t15-/m1/s1. The minimum absolute atomic E-state index is 0.0249. The first-order valence-electron chi connectivity index (χ1n) is 9.64. The van der Waals surface area contributed by atoms with Crippen LogP contribution in [0.1, 0.15) is 13.3 Å². The number of rotatable bonds is 7. The van der Waals surface area contributed by atoms with Gasteiger partial charge in [-0.25, -0.2) is 0 Å². The van der Waals surface area contributed by atoms with Gasteiger partial charge in [-0.1, -0.05) is 0 Å². The van der Waals surface area contributed by atoms with Crippen LogP contribution in [0.15, 0.2) is 48.5 Å². The van der Waals surface area contributed by atoms with Crippen LogP contribution in [-0.4, -0.2) is 44.0 Å². The average Bonchev–Trinajstić information content (AvgIpc) is 3.15. The van der Waals surface area contributed by atoms with Gasteiger partial charge in [-0.15, -0.1) is 0 Å². The van der Waals surface area contributed by atoms with Gasteiger partial charge in [-0.05, 0) is 48.5 Å². The molecule has 1 fully saturated rings. The molecule has 2 aromatic carbocycles. The molecule has 3 amide bonds. The summed E-state index contributed by atoms with van der Waals surface area (Å²) in [6.45, 7) is 1.13. The highest BCUT2D eigenvalue weighted by molar-refractivity contribution is 6.00. The van der Waals surface area contributed by atoms with Crippen LogP contribution < -0.4 is 20.3 Å². The van der Waals surface area contributed by atoms with Crippen molar-refractivity contribution in [2.24, 2.45) is 5.92 Å². The highest BCUT2D eigenvalue weighted by Crippen LogP contribution is 2.27. The third-order valence-electron chi connectivity index (χ3n) is 4.68. The number of nitrogens with one attached hydrogen (secondary N) is 2. The van der Waals surface area contributed by atoms with Crippen molar-refractivity contribution in [2.75, 3.05) is 35.8 Å². The van der Waals surface area contributed by atoms with Gasteiger partial charge in [-0.2, -0.15) is 0 Å². The normalized spacial score (nSPS) is 15.4. The molecule has 1 aliphatic heterocycles. The van der Waals surface area contributed by atoms with Gasteiger partial charge in [0.15, 0.2) is 6.61 Å². The van der Waals surface area contributed by atoms with Crippen LogP contribution in [0, 0.1) is 5.92 Å². The summed E-state index contributed by atoms with van der Waals surface area (Å²) < 4.78 is 10.2. The van der Waals surface area contributed by atoms with Crippen molar-refractivity contribution in [2.45, 2.75) is 13.3 Å². The van der Waals surface area contributed by atoms with Crippen LogP contribution in [0.3, 0.4) is 0 Å². The number of anilines is 3. The van der Waals surface area contributed by atoms with Crippen molar-refractivity contribution in [3.8, 4) is 5.75 Å². The SMILES string of the molecule is COc1ccc(N2C[C@H](C(=O)OCC(=O)Nc3ccc(NC(C)=O)cc3)CC2=O)cc1. The van der Waals surface area contributed by atoms with E-state index >= 15 is 0 Å². The van der Waals surface area contributed by atoms with Crippen LogP contribution in [0.25, 0.3) is 0 Å². The minimum atomic E-state index is -0.639. The Morgan fingerprint density at radius 3 is 2.19 bits per heavy atom. The third kappa shape index (κ3) is 5.81. The van der Waals surface area contributed by atoms with Crippen LogP contribution in [0.4, 0.5) is 17.1 Å². The van der Waals surface area contributed by atoms with E-state index in [4.69, 9.17) is 9.47 Å². The Morgan fingerprint density at radius 2 is 1.61 bits per heavy atom. The Balaban J connectivity index is 1.48. The largest absolute Gasteiger partial charge is 0.497 e. The van der Waals surface area contributed by atoms with Crippen molar-refractivity contribution >= 4 is 40.8 Å². The van der Waals surface area contributed by atoms with Crippen LogP contribution in [-0.2, 0) is 23.9 Å². The molecule has 1 heterocycles. The van der Waals surface area contributed by atoms with E-state index in [9.17, 15) is 19.2 Å². The van der Waals surface area contributed by atoms with Crippen molar-refractivity contribution in [1.82, 2.24) is 0 Å². The summed E-state index contributed by atoms with van der Waals surface area (Å²) in [5.41, 5.74) is 1.77. The van der Waals surface area contributed by atoms with Gasteiger partial charge in [0.1, 0.15) is 5.75 Å². The van der Waals surface area contributed by atoms with Crippen molar-refractivity contribution in [3.63, 3.8) is 0 Å². The summed E-state index contributed by atoms with van der Waals surface area (Å²) in [6.07, 6.45) is 0.0249. The molecular weight excluding hydrogens is 402 g/mol. The Hall–Kier alpha value is -3.88. The van der Waals surface area contributed by atoms with E-state index in [1.807, 2.05) is 0 Å². The van der Waals surface area contributed by atoms with E-state index in [0.717, 1.165) is 0 Å². The highest BCUT2D eigenvalue weighted by atomic mass is 16.5. The van der Waals surface area contributed by atoms with Gasteiger partial charge in [0.25, 0.3) is 5.91 Å². The fourth-order valence-corrected chi connectivity index (χ4v) is 3.17. The number of hydrogen-bond acceptors (Lipinski definition) is 6. The molecule has 0 unspecified atom stereocenters. The topological polar surface area (TPSA) is 114 Å². The molecule has 1 aliphatic rings. The van der Waals surface area contributed by atoms with Gasteiger partial charge < -0.3 is 25.0 Å². The fourth-order valence-electron chi connectivity index (χ4n) is 3.17. The van der Waals surface area contributed by atoms with E-state index in [1.54, 1.807) is 55.6 Å². The monoisotopic (exact) mass is 425 g/mol. The number of methoxy groups -OCH3 is 1. The number of ether oxygens (including phenoxy) is 2. The van der Waals surface area contributed by atoms with Crippen molar-refractivity contribution in [1.29, 1.82) is 0 Å². The summed E-state index contributed by atoms with van der Waals surface area (Å²) >= 11 is 0. The Labute approximate surface area is 179 Å².